The predicted molar refractivity (Wildman–Crippen MR) is 75.2 cm³/mol. The van der Waals surface area contributed by atoms with Gasteiger partial charge in [0.05, 0.1) is 0 Å². The van der Waals surface area contributed by atoms with E-state index in [4.69, 9.17) is 0 Å². The molecule has 0 radical (unpaired) electrons. The Morgan fingerprint density at radius 3 is 2.24 bits per heavy atom. The Hall–Kier alpha value is -1.03. The molecule has 1 aromatic rings. The highest BCUT2D eigenvalue weighted by Crippen LogP contribution is 2.19. The Labute approximate surface area is 111 Å². The largest absolute Gasteiger partial charge is 0.335 e. The van der Waals surface area contributed by atoms with Crippen LogP contribution in [0, 0.1) is 5.41 Å². The predicted octanol–water partition coefficient (Wildman–Crippen LogP) is 4.01. The minimum atomic E-state index is -0.172. The number of amides is 2. The van der Waals surface area contributed by atoms with Crippen molar-refractivity contribution in [2.75, 3.05) is 5.32 Å². The molecule has 1 rings (SSSR count). The number of nitrogens with one attached hydrogen (secondary N) is 2. The molecule has 4 heteroatoms. The lowest BCUT2D eigenvalue weighted by molar-refractivity contribution is 0.233. The van der Waals surface area contributed by atoms with E-state index < -0.39 is 0 Å². The van der Waals surface area contributed by atoms with Crippen LogP contribution in [0.3, 0.4) is 0 Å². The second-order valence-corrected chi connectivity index (χ2v) is 6.11. The molecule has 0 aliphatic rings. The minimum Gasteiger partial charge on any atom is -0.335 e. The summed E-state index contributed by atoms with van der Waals surface area (Å²) < 4.78 is 0.992. The van der Waals surface area contributed by atoms with E-state index in [0.717, 1.165) is 10.2 Å². The molecule has 0 aliphatic carbocycles. The van der Waals surface area contributed by atoms with Crippen LogP contribution in [0.4, 0.5) is 10.5 Å². The van der Waals surface area contributed by atoms with E-state index in [1.165, 1.54) is 0 Å². The van der Waals surface area contributed by atoms with Crippen molar-refractivity contribution in [2.45, 2.75) is 33.7 Å². The van der Waals surface area contributed by atoms with E-state index in [1.54, 1.807) is 0 Å². The third-order valence-electron chi connectivity index (χ3n) is 2.75. The van der Waals surface area contributed by atoms with E-state index in [9.17, 15) is 4.79 Å². The molecule has 0 saturated heterocycles. The van der Waals surface area contributed by atoms with E-state index >= 15 is 0 Å². The summed E-state index contributed by atoms with van der Waals surface area (Å²) in [6.07, 6.45) is 0. The van der Waals surface area contributed by atoms with Crippen molar-refractivity contribution in [3.63, 3.8) is 0 Å². The molecular formula is C13H19BrN2O. The maximum Gasteiger partial charge on any atom is 0.319 e. The zero-order valence-corrected chi connectivity index (χ0v) is 12.3. The Kier molecular flexibility index (Phi) is 4.57. The number of halogens is 1. The molecule has 1 atom stereocenters. The average Bonchev–Trinajstić information content (AvgIpc) is 2.20. The van der Waals surface area contributed by atoms with Gasteiger partial charge in [0.1, 0.15) is 0 Å². The average molecular weight is 299 g/mol. The van der Waals surface area contributed by atoms with Gasteiger partial charge in [0, 0.05) is 16.2 Å². The summed E-state index contributed by atoms with van der Waals surface area (Å²) in [4.78, 5) is 11.7. The smallest absolute Gasteiger partial charge is 0.319 e. The fourth-order valence-electron chi connectivity index (χ4n) is 1.11. The van der Waals surface area contributed by atoms with Crippen molar-refractivity contribution >= 4 is 27.6 Å². The monoisotopic (exact) mass is 298 g/mol. The molecule has 94 valence electrons. The summed E-state index contributed by atoms with van der Waals surface area (Å²) in [6, 6.07) is 7.43. The highest BCUT2D eigenvalue weighted by Gasteiger charge is 2.21. The zero-order valence-electron chi connectivity index (χ0n) is 10.7. The van der Waals surface area contributed by atoms with Crippen molar-refractivity contribution in [3.8, 4) is 0 Å². The zero-order chi connectivity index (χ0) is 13.1. The van der Waals surface area contributed by atoms with Crippen LogP contribution in [-0.2, 0) is 0 Å². The van der Waals surface area contributed by atoms with Crippen molar-refractivity contribution in [2.24, 2.45) is 5.41 Å². The fourth-order valence-corrected chi connectivity index (χ4v) is 1.38. The molecule has 0 unspecified atom stereocenters. The summed E-state index contributed by atoms with van der Waals surface area (Å²) in [5.74, 6) is 0. The molecule has 0 aromatic heterocycles. The first-order chi connectivity index (χ1) is 7.79. The van der Waals surface area contributed by atoms with E-state index in [2.05, 4.69) is 47.3 Å². The normalized spacial score (nSPS) is 13.0. The van der Waals surface area contributed by atoms with Gasteiger partial charge in [-0.15, -0.1) is 0 Å². The molecule has 0 heterocycles. The maximum absolute atomic E-state index is 11.7. The summed E-state index contributed by atoms with van der Waals surface area (Å²) in [5.41, 5.74) is 0.837. The lowest BCUT2D eigenvalue weighted by atomic mass is 9.88. The molecular weight excluding hydrogens is 280 g/mol. The Morgan fingerprint density at radius 1 is 1.24 bits per heavy atom. The van der Waals surface area contributed by atoms with Crippen molar-refractivity contribution < 1.29 is 4.79 Å². The first-order valence-electron chi connectivity index (χ1n) is 5.62. The molecule has 0 bridgehead atoms. The number of carbonyl (C=O) groups is 1. The number of rotatable bonds is 2. The van der Waals surface area contributed by atoms with E-state index in [1.807, 2.05) is 31.2 Å². The lowest BCUT2D eigenvalue weighted by Crippen LogP contribution is -2.43. The van der Waals surface area contributed by atoms with Crippen molar-refractivity contribution in [1.29, 1.82) is 0 Å². The molecule has 0 fully saturated rings. The van der Waals surface area contributed by atoms with Crippen LogP contribution in [0.25, 0.3) is 0 Å². The molecule has 17 heavy (non-hydrogen) atoms. The number of carbonyl (C=O) groups excluding carboxylic acids is 1. The number of hydrogen-bond acceptors (Lipinski definition) is 1. The molecule has 3 nitrogen and oxygen atoms in total. The summed E-state index contributed by atoms with van der Waals surface area (Å²) >= 11 is 3.35. The van der Waals surface area contributed by atoms with Gasteiger partial charge >= 0.3 is 6.03 Å². The highest BCUT2D eigenvalue weighted by atomic mass is 79.9. The van der Waals surface area contributed by atoms with Crippen LogP contribution in [-0.4, -0.2) is 12.1 Å². The SMILES string of the molecule is C[C@@H](NC(=O)Nc1ccc(Br)cc1)C(C)(C)C. The molecule has 0 spiro atoms. The van der Waals surface area contributed by atoms with Crippen LogP contribution in [0.2, 0.25) is 0 Å². The van der Waals surface area contributed by atoms with Gasteiger partial charge in [0.15, 0.2) is 0 Å². The highest BCUT2D eigenvalue weighted by molar-refractivity contribution is 9.10. The van der Waals surface area contributed by atoms with Gasteiger partial charge in [-0.2, -0.15) is 0 Å². The van der Waals surface area contributed by atoms with Gasteiger partial charge in [-0.1, -0.05) is 36.7 Å². The Bertz CT molecular complexity index is 381. The Morgan fingerprint density at radius 2 is 1.76 bits per heavy atom. The lowest BCUT2D eigenvalue weighted by Gasteiger charge is -2.28. The number of benzene rings is 1. The van der Waals surface area contributed by atoms with Gasteiger partial charge in [-0.05, 0) is 36.6 Å². The van der Waals surface area contributed by atoms with Crippen LogP contribution in [0.15, 0.2) is 28.7 Å². The number of hydrogen-bond donors (Lipinski definition) is 2. The second kappa shape index (κ2) is 5.54. The third-order valence-corrected chi connectivity index (χ3v) is 3.28. The molecule has 0 aliphatic heterocycles. The standard InChI is InChI=1S/C13H19BrN2O/c1-9(13(2,3)4)15-12(17)16-11-7-5-10(14)6-8-11/h5-9H,1-4H3,(H2,15,16,17)/t9-/m1/s1. The van der Waals surface area contributed by atoms with Gasteiger partial charge in [-0.3, -0.25) is 0 Å². The molecule has 2 amide bonds. The summed E-state index contributed by atoms with van der Waals surface area (Å²) in [5, 5.41) is 5.72. The molecule has 1 aromatic carbocycles. The Balaban J connectivity index is 2.53. The van der Waals surface area contributed by atoms with Gasteiger partial charge < -0.3 is 10.6 Å². The molecule has 2 N–H and O–H groups in total. The van der Waals surface area contributed by atoms with Crippen LogP contribution in [0.5, 0.6) is 0 Å². The quantitative estimate of drug-likeness (QED) is 0.851. The van der Waals surface area contributed by atoms with Gasteiger partial charge in [0.2, 0.25) is 0 Å². The minimum absolute atomic E-state index is 0.0526. The fraction of sp³-hybridized carbons (Fsp3) is 0.462. The molecule has 0 saturated carbocycles. The van der Waals surface area contributed by atoms with Gasteiger partial charge in [0.25, 0.3) is 0 Å². The van der Waals surface area contributed by atoms with Crippen LogP contribution in [0.1, 0.15) is 27.7 Å². The second-order valence-electron chi connectivity index (χ2n) is 5.19. The van der Waals surface area contributed by atoms with Gasteiger partial charge in [-0.25, -0.2) is 4.79 Å². The van der Waals surface area contributed by atoms with E-state index in [0.29, 0.717) is 0 Å². The first-order valence-corrected chi connectivity index (χ1v) is 6.41. The van der Waals surface area contributed by atoms with Crippen molar-refractivity contribution in [3.05, 3.63) is 28.7 Å². The van der Waals surface area contributed by atoms with Crippen molar-refractivity contribution in [1.82, 2.24) is 5.32 Å². The third kappa shape index (κ3) is 4.77. The summed E-state index contributed by atoms with van der Waals surface area (Å²) in [7, 11) is 0. The maximum atomic E-state index is 11.7. The summed E-state index contributed by atoms with van der Waals surface area (Å²) in [6.45, 7) is 8.29. The van der Waals surface area contributed by atoms with E-state index in [-0.39, 0.29) is 17.5 Å². The first kappa shape index (κ1) is 14.0. The van der Waals surface area contributed by atoms with Crippen LogP contribution >= 0.6 is 15.9 Å². The number of urea groups is 1. The topological polar surface area (TPSA) is 41.1 Å². The van der Waals surface area contributed by atoms with Crippen LogP contribution < -0.4 is 10.6 Å². The number of anilines is 1.